The zero-order valence-electron chi connectivity index (χ0n) is 10.1. The van der Waals surface area contributed by atoms with Gasteiger partial charge in [0, 0.05) is 11.6 Å². The fraction of sp³-hybridized carbons (Fsp3) is 0.214. The van der Waals surface area contributed by atoms with E-state index in [2.05, 4.69) is 5.32 Å². The lowest BCUT2D eigenvalue weighted by molar-refractivity contribution is -0.112. The molecule has 0 heterocycles. The zero-order valence-corrected chi connectivity index (χ0v) is 10.1. The van der Waals surface area contributed by atoms with E-state index in [4.69, 9.17) is 10.5 Å². The summed E-state index contributed by atoms with van der Waals surface area (Å²) in [6.07, 6.45) is 1.61. The third-order valence-electron chi connectivity index (χ3n) is 2.83. The van der Waals surface area contributed by atoms with E-state index in [-0.39, 0.29) is 17.3 Å². The highest BCUT2D eigenvalue weighted by atomic mass is 16.3. The number of nitriles is 2. The molecule has 0 aliphatic heterocycles. The number of aliphatic hydroxyl groups excluding tert-OH is 1. The van der Waals surface area contributed by atoms with Crippen molar-refractivity contribution >= 4 is 11.6 Å². The van der Waals surface area contributed by atoms with Crippen LogP contribution in [0.2, 0.25) is 0 Å². The summed E-state index contributed by atoms with van der Waals surface area (Å²) >= 11 is 0. The summed E-state index contributed by atoms with van der Waals surface area (Å²) in [6, 6.07) is 9.96. The maximum atomic E-state index is 11.9. The molecule has 1 aromatic rings. The van der Waals surface area contributed by atoms with Crippen molar-refractivity contribution in [3.8, 4) is 12.1 Å². The molecule has 1 fully saturated rings. The number of nitrogens with one attached hydrogen (secondary N) is 1. The fourth-order valence-corrected chi connectivity index (χ4v) is 1.61. The smallest absolute Gasteiger partial charge is 0.269 e. The number of hydrogen-bond donors (Lipinski definition) is 2. The van der Waals surface area contributed by atoms with Crippen molar-refractivity contribution in [3.05, 3.63) is 41.2 Å². The predicted octanol–water partition coefficient (Wildman–Crippen LogP) is 2.24. The van der Waals surface area contributed by atoms with Gasteiger partial charge in [0.1, 0.15) is 11.8 Å². The van der Waals surface area contributed by atoms with E-state index in [1.165, 1.54) is 0 Å². The second kappa shape index (κ2) is 5.24. The van der Waals surface area contributed by atoms with Crippen molar-refractivity contribution in [3.63, 3.8) is 0 Å². The first kappa shape index (κ1) is 12.7. The van der Waals surface area contributed by atoms with E-state index in [9.17, 15) is 9.90 Å². The lowest BCUT2D eigenvalue weighted by Crippen LogP contribution is -2.15. The Balaban J connectivity index is 2.14. The number of benzene rings is 1. The molecule has 0 atom stereocenters. The molecule has 1 amide bonds. The quantitative estimate of drug-likeness (QED) is 0.490. The number of carbonyl (C=O) groups is 1. The summed E-state index contributed by atoms with van der Waals surface area (Å²) in [5.74, 6) is -0.813. The van der Waals surface area contributed by atoms with Crippen molar-refractivity contribution in [2.75, 3.05) is 5.32 Å². The third kappa shape index (κ3) is 2.91. The van der Waals surface area contributed by atoms with Gasteiger partial charge in [-0.2, -0.15) is 10.5 Å². The number of amides is 1. The second-order valence-corrected chi connectivity index (χ2v) is 4.29. The molecule has 1 aliphatic rings. The lowest BCUT2D eigenvalue weighted by atomic mass is 10.1. The summed E-state index contributed by atoms with van der Waals surface area (Å²) in [7, 11) is 0. The lowest BCUT2D eigenvalue weighted by Gasteiger charge is -2.05. The van der Waals surface area contributed by atoms with Gasteiger partial charge in [-0.1, -0.05) is 0 Å². The number of aliphatic hydroxyl groups is 1. The zero-order chi connectivity index (χ0) is 13.8. The van der Waals surface area contributed by atoms with Crippen LogP contribution in [-0.2, 0) is 4.79 Å². The fourth-order valence-electron chi connectivity index (χ4n) is 1.61. The van der Waals surface area contributed by atoms with E-state index in [1.54, 1.807) is 30.3 Å². The van der Waals surface area contributed by atoms with Crippen LogP contribution < -0.4 is 5.32 Å². The topological polar surface area (TPSA) is 96.9 Å². The van der Waals surface area contributed by atoms with Gasteiger partial charge in [-0.05, 0) is 37.1 Å². The molecule has 5 nitrogen and oxygen atoms in total. The van der Waals surface area contributed by atoms with E-state index in [1.807, 2.05) is 6.07 Å². The molecule has 5 heteroatoms. The Hall–Kier alpha value is -2.79. The second-order valence-electron chi connectivity index (χ2n) is 4.29. The van der Waals surface area contributed by atoms with Gasteiger partial charge in [0.15, 0.2) is 5.57 Å². The molecule has 0 spiro atoms. The van der Waals surface area contributed by atoms with Gasteiger partial charge in [0.25, 0.3) is 5.91 Å². The maximum absolute atomic E-state index is 11.9. The highest BCUT2D eigenvalue weighted by molar-refractivity contribution is 6.07. The van der Waals surface area contributed by atoms with Gasteiger partial charge in [-0.25, -0.2) is 0 Å². The van der Waals surface area contributed by atoms with Gasteiger partial charge in [-0.15, -0.1) is 0 Å². The number of hydrogen-bond acceptors (Lipinski definition) is 4. The van der Waals surface area contributed by atoms with Crippen LogP contribution in [0.25, 0.3) is 0 Å². The Morgan fingerprint density at radius 3 is 2.37 bits per heavy atom. The normalized spacial score (nSPS) is 14.8. The van der Waals surface area contributed by atoms with Crippen LogP contribution in [0.1, 0.15) is 18.4 Å². The Bertz CT molecular complexity index is 614. The van der Waals surface area contributed by atoms with Crippen molar-refractivity contribution < 1.29 is 9.90 Å². The number of nitrogens with zero attached hydrogens (tertiary/aromatic N) is 2. The molecule has 0 bridgehead atoms. The molecular formula is C14H11N3O2. The van der Waals surface area contributed by atoms with E-state index in [0.29, 0.717) is 11.3 Å². The first-order valence-electron chi connectivity index (χ1n) is 5.80. The minimum absolute atomic E-state index is 0.0543. The van der Waals surface area contributed by atoms with Crippen LogP contribution in [0.3, 0.4) is 0 Å². The Morgan fingerprint density at radius 1 is 1.26 bits per heavy atom. The van der Waals surface area contributed by atoms with Crippen LogP contribution in [0.15, 0.2) is 35.6 Å². The van der Waals surface area contributed by atoms with Gasteiger partial charge in [0.05, 0.1) is 11.6 Å². The number of allylic oxidation sites excluding steroid dienone is 1. The Morgan fingerprint density at radius 2 is 1.89 bits per heavy atom. The molecule has 1 aromatic carbocycles. The van der Waals surface area contributed by atoms with Crippen LogP contribution >= 0.6 is 0 Å². The first-order chi connectivity index (χ1) is 9.15. The molecule has 0 aromatic heterocycles. The van der Waals surface area contributed by atoms with Crippen molar-refractivity contribution in [1.29, 1.82) is 10.5 Å². The van der Waals surface area contributed by atoms with Crippen LogP contribution in [0, 0.1) is 28.6 Å². The molecule has 19 heavy (non-hydrogen) atoms. The van der Waals surface area contributed by atoms with Crippen molar-refractivity contribution in [2.24, 2.45) is 5.92 Å². The maximum Gasteiger partial charge on any atom is 0.269 e. The van der Waals surface area contributed by atoms with Gasteiger partial charge < -0.3 is 10.4 Å². The van der Waals surface area contributed by atoms with Gasteiger partial charge in [-0.3, -0.25) is 4.79 Å². The van der Waals surface area contributed by atoms with Crippen LogP contribution in [0.4, 0.5) is 5.69 Å². The Kier molecular flexibility index (Phi) is 3.49. The summed E-state index contributed by atoms with van der Waals surface area (Å²) in [5.41, 5.74) is 0.710. The van der Waals surface area contributed by atoms with E-state index in [0.717, 1.165) is 12.8 Å². The minimum Gasteiger partial charge on any atom is -0.510 e. The first-order valence-corrected chi connectivity index (χ1v) is 5.80. The standard InChI is InChI=1S/C14H11N3O2/c15-7-9-1-5-11(6-2-9)17-14(19)12(8-16)13(18)10-3-4-10/h1-2,5-6,10,18H,3-4H2,(H,17,19)/b13-12+. The summed E-state index contributed by atoms with van der Waals surface area (Å²) in [5, 5.41) is 29.8. The van der Waals surface area contributed by atoms with Crippen molar-refractivity contribution in [2.45, 2.75) is 12.8 Å². The molecule has 0 saturated heterocycles. The predicted molar refractivity (Wildman–Crippen MR) is 67.8 cm³/mol. The molecule has 0 radical (unpaired) electrons. The Labute approximate surface area is 110 Å². The monoisotopic (exact) mass is 253 g/mol. The molecule has 1 aliphatic carbocycles. The minimum atomic E-state index is -0.628. The third-order valence-corrected chi connectivity index (χ3v) is 2.83. The number of anilines is 1. The van der Waals surface area contributed by atoms with E-state index >= 15 is 0 Å². The highest BCUT2D eigenvalue weighted by Crippen LogP contribution is 2.36. The van der Waals surface area contributed by atoms with Gasteiger partial charge in [0.2, 0.25) is 0 Å². The number of rotatable bonds is 3. The highest BCUT2D eigenvalue weighted by Gasteiger charge is 2.30. The van der Waals surface area contributed by atoms with Crippen LogP contribution in [-0.4, -0.2) is 11.0 Å². The molecule has 94 valence electrons. The van der Waals surface area contributed by atoms with Crippen molar-refractivity contribution in [1.82, 2.24) is 0 Å². The average Bonchev–Trinajstić information content (AvgIpc) is 3.24. The SMILES string of the molecule is N#C/C(C(=O)Nc1ccc(C#N)cc1)=C(\O)C1CC1. The molecule has 1 saturated carbocycles. The van der Waals surface area contributed by atoms with Crippen LogP contribution in [0.5, 0.6) is 0 Å². The van der Waals surface area contributed by atoms with Gasteiger partial charge >= 0.3 is 0 Å². The summed E-state index contributed by atoms with van der Waals surface area (Å²) in [4.78, 5) is 11.9. The average molecular weight is 253 g/mol. The number of carbonyl (C=O) groups excluding carboxylic acids is 1. The molecule has 0 unspecified atom stereocenters. The molecular weight excluding hydrogens is 242 g/mol. The summed E-state index contributed by atoms with van der Waals surface area (Å²) in [6.45, 7) is 0. The largest absolute Gasteiger partial charge is 0.510 e. The van der Waals surface area contributed by atoms with E-state index < -0.39 is 5.91 Å². The summed E-state index contributed by atoms with van der Waals surface area (Å²) < 4.78 is 0. The molecule has 2 rings (SSSR count). The molecule has 2 N–H and O–H groups in total.